The Morgan fingerprint density at radius 2 is 1.85 bits per heavy atom. The minimum absolute atomic E-state index is 0.335. The number of rotatable bonds is 5. The SMILES string of the molecule is CCNCCc1ccc(N(C)C(=O)OC(C)(C)C)cc1. The first-order valence-electron chi connectivity index (χ1n) is 7.10. The second-order valence-electron chi connectivity index (χ2n) is 5.81. The molecule has 1 amide bonds. The molecule has 0 aliphatic carbocycles. The van der Waals surface area contributed by atoms with Crippen molar-refractivity contribution in [1.29, 1.82) is 0 Å². The van der Waals surface area contributed by atoms with Crippen LogP contribution >= 0.6 is 0 Å². The Balaban J connectivity index is 2.61. The average Bonchev–Trinajstić information content (AvgIpc) is 2.37. The maximum Gasteiger partial charge on any atom is 0.414 e. The Morgan fingerprint density at radius 3 is 2.35 bits per heavy atom. The molecule has 0 bridgehead atoms. The van der Waals surface area contributed by atoms with Crippen molar-refractivity contribution in [3.8, 4) is 0 Å². The molecule has 4 nitrogen and oxygen atoms in total. The van der Waals surface area contributed by atoms with E-state index in [9.17, 15) is 4.79 Å². The zero-order valence-electron chi connectivity index (χ0n) is 13.2. The molecule has 0 saturated carbocycles. The molecule has 0 aliphatic heterocycles. The molecule has 0 aliphatic rings. The number of carbonyl (C=O) groups excluding carboxylic acids is 1. The molecule has 0 heterocycles. The van der Waals surface area contributed by atoms with E-state index in [1.165, 1.54) is 10.5 Å². The van der Waals surface area contributed by atoms with E-state index in [4.69, 9.17) is 4.74 Å². The number of ether oxygens (including phenoxy) is 1. The molecule has 112 valence electrons. The van der Waals surface area contributed by atoms with Gasteiger partial charge in [0.2, 0.25) is 0 Å². The van der Waals surface area contributed by atoms with Crippen molar-refractivity contribution in [3.05, 3.63) is 29.8 Å². The first kappa shape index (κ1) is 16.5. The molecule has 1 aromatic carbocycles. The molecule has 0 fully saturated rings. The molecular weight excluding hydrogens is 252 g/mol. The van der Waals surface area contributed by atoms with Crippen LogP contribution in [0.3, 0.4) is 0 Å². The van der Waals surface area contributed by atoms with Crippen LogP contribution in [0, 0.1) is 0 Å². The fraction of sp³-hybridized carbons (Fsp3) is 0.562. The number of benzene rings is 1. The van der Waals surface area contributed by atoms with Crippen LogP contribution in [-0.4, -0.2) is 31.8 Å². The first-order chi connectivity index (χ1) is 9.33. The van der Waals surface area contributed by atoms with Gasteiger partial charge in [-0.25, -0.2) is 4.79 Å². The standard InChI is InChI=1S/C16H26N2O2/c1-6-17-12-11-13-7-9-14(10-8-13)18(5)15(19)20-16(2,3)4/h7-10,17H,6,11-12H2,1-5H3. The lowest BCUT2D eigenvalue weighted by Crippen LogP contribution is -2.34. The Labute approximate surface area is 122 Å². The third kappa shape index (κ3) is 5.61. The minimum Gasteiger partial charge on any atom is -0.443 e. The van der Waals surface area contributed by atoms with E-state index < -0.39 is 5.60 Å². The number of anilines is 1. The summed E-state index contributed by atoms with van der Waals surface area (Å²) in [5, 5.41) is 3.29. The topological polar surface area (TPSA) is 41.6 Å². The van der Waals surface area contributed by atoms with Crippen molar-refractivity contribution >= 4 is 11.8 Å². The predicted molar refractivity (Wildman–Crippen MR) is 83.3 cm³/mol. The fourth-order valence-corrected chi connectivity index (χ4v) is 1.73. The van der Waals surface area contributed by atoms with Crippen molar-refractivity contribution in [2.45, 2.75) is 39.7 Å². The van der Waals surface area contributed by atoms with Gasteiger partial charge in [0.05, 0.1) is 0 Å². The van der Waals surface area contributed by atoms with Crippen LogP contribution in [0.4, 0.5) is 10.5 Å². The van der Waals surface area contributed by atoms with Crippen molar-refractivity contribution in [2.24, 2.45) is 0 Å². The van der Waals surface area contributed by atoms with Crippen LogP contribution in [0.1, 0.15) is 33.3 Å². The zero-order chi connectivity index (χ0) is 15.2. The van der Waals surface area contributed by atoms with E-state index in [1.807, 2.05) is 45.0 Å². The van der Waals surface area contributed by atoms with Gasteiger partial charge in [0.1, 0.15) is 5.60 Å². The van der Waals surface area contributed by atoms with Crippen LogP contribution in [0.5, 0.6) is 0 Å². The van der Waals surface area contributed by atoms with E-state index in [1.54, 1.807) is 7.05 Å². The van der Waals surface area contributed by atoms with Gasteiger partial charge in [-0.1, -0.05) is 19.1 Å². The third-order valence-electron chi connectivity index (χ3n) is 2.83. The van der Waals surface area contributed by atoms with Crippen LogP contribution in [0.15, 0.2) is 24.3 Å². The van der Waals surface area contributed by atoms with Crippen molar-refractivity contribution in [1.82, 2.24) is 5.32 Å². The van der Waals surface area contributed by atoms with Crippen LogP contribution in [0.2, 0.25) is 0 Å². The van der Waals surface area contributed by atoms with Crippen molar-refractivity contribution in [3.63, 3.8) is 0 Å². The van der Waals surface area contributed by atoms with Gasteiger partial charge in [0.15, 0.2) is 0 Å². The molecule has 0 spiro atoms. The number of likely N-dealkylation sites (N-methyl/N-ethyl adjacent to an activating group) is 1. The molecule has 1 aromatic rings. The van der Waals surface area contributed by atoms with Gasteiger partial charge in [0, 0.05) is 12.7 Å². The molecule has 20 heavy (non-hydrogen) atoms. The van der Waals surface area contributed by atoms with Gasteiger partial charge in [0.25, 0.3) is 0 Å². The van der Waals surface area contributed by atoms with Crippen LogP contribution in [-0.2, 0) is 11.2 Å². The summed E-state index contributed by atoms with van der Waals surface area (Å²) in [7, 11) is 1.72. The summed E-state index contributed by atoms with van der Waals surface area (Å²) in [6.07, 6.45) is 0.655. The Kier molecular flexibility index (Phi) is 6.02. The molecular formula is C16H26N2O2. The molecule has 1 N–H and O–H groups in total. The van der Waals surface area contributed by atoms with Gasteiger partial charge >= 0.3 is 6.09 Å². The first-order valence-corrected chi connectivity index (χ1v) is 7.10. The predicted octanol–water partition coefficient (Wildman–Crippen LogP) is 3.21. The zero-order valence-corrected chi connectivity index (χ0v) is 13.2. The average molecular weight is 278 g/mol. The number of carbonyl (C=O) groups is 1. The van der Waals surface area contributed by atoms with Crippen molar-refractivity contribution < 1.29 is 9.53 Å². The van der Waals surface area contributed by atoms with E-state index in [0.29, 0.717) is 0 Å². The van der Waals surface area contributed by atoms with Gasteiger partial charge in [-0.3, -0.25) is 4.90 Å². The number of nitrogens with one attached hydrogen (secondary N) is 1. The maximum absolute atomic E-state index is 11.9. The normalized spacial score (nSPS) is 11.2. The summed E-state index contributed by atoms with van der Waals surface area (Å²) in [6, 6.07) is 8.00. The molecule has 1 rings (SSSR count). The summed E-state index contributed by atoms with van der Waals surface area (Å²) in [4.78, 5) is 13.5. The highest BCUT2D eigenvalue weighted by Crippen LogP contribution is 2.17. The van der Waals surface area contributed by atoms with Gasteiger partial charge in [-0.15, -0.1) is 0 Å². The van der Waals surface area contributed by atoms with Gasteiger partial charge in [-0.2, -0.15) is 0 Å². The molecule has 4 heteroatoms. The fourth-order valence-electron chi connectivity index (χ4n) is 1.73. The Bertz CT molecular complexity index is 421. The molecule has 0 saturated heterocycles. The summed E-state index contributed by atoms with van der Waals surface area (Å²) in [5.74, 6) is 0. The highest BCUT2D eigenvalue weighted by atomic mass is 16.6. The minimum atomic E-state index is -0.475. The van der Waals surface area contributed by atoms with Crippen molar-refractivity contribution in [2.75, 3.05) is 25.0 Å². The smallest absolute Gasteiger partial charge is 0.414 e. The van der Waals surface area contributed by atoms with E-state index in [2.05, 4.69) is 12.2 Å². The lowest BCUT2D eigenvalue weighted by atomic mass is 10.1. The lowest BCUT2D eigenvalue weighted by molar-refractivity contribution is 0.0589. The number of amides is 1. The summed E-state index contributed by atoms with van der Waals surface area (Å²) in [5.41, 5.74) is 1.62. The van der Waals surface area contributed by atoms with Crippen LogP contribution in [0.25, 0.3) is 0 Å². The van der Waals surface area contributed by atoms with Gasteiger partial charge < -0.3 is 10.1 Å². The molecule has 0 atom stereocenters. The molecule has 0 unspecified atom stereocenters. The summed E-state index contributed by atoms with van der Waals surface area (Å²) < 4.78 is 5.34. The number of hydrogen-bond acceptors (Lipinski definition) is 3. The quantitative estimate of drug-likeness (QED) is 0.841. The highest BCUT2D eigenvalue weighted by Gasteiger charge is 2.20. The third-order valence-corrected chi connectivity index (χ3v) is 2.83. The van der Waals surface area contributed by atoms with E-state index in [-0.39, 0.29) is 6.09 Å². The van der Waals surface area contributed by atoms with Crippen LogP contribution < -0.4 is 10.2 Å². The van der Waals surface area contributed by atoms with E-state index >= 15 is 0 Å². The molecule has 0 radical (unpaired) electrons. The second kappa shape index (κ2) is 7.29. The summed E-state index contributed by atoms with van der Waals surface area (Å²) >= 11 is 0. The monoisotopic (exact) mass is 278 g/mol. The number of nitrogens with zero attached hydrogens (tertiary/aromatic N) is 1. The number of hydrogen-bond donors (Lipinski definition) is 1. The van der Waals surface area contributed by atoms with Gasteiger partial charge in [-0.05, 0) is 58.0 Å². The maximum atomic E-state index is 11.9. The Morgan fingerprint density at radius 1 is 1.25 bits per heavy atom. The van der Waals surface area contributed by atoms with E-state index in [0.717, 1.165) is 25.2 Å². The second-order valence-corrected chi connectivity index (χ2v) is 5.81. The largest absolute Gasteiger partial charge is 0.443 e. The lowest BCUT2D eigenvalue weighted by Gasteiger charge is -2.24. The molecule has 0 aromatic heterocycles. The highest BCUT2D eigenvalue weighted by molar-refractivity contribution is 5.87. The summed E-state index contributed by atoms with van der Waals surface area (Å²) in [6.45, 7) is 9.64. The Hall–Kier alpha value is -1.55.